The largest absolute Gasteiger partial charge is 0.326 e. The molecule has 210 valence electrons. The number of rotatable bonds is 8. The van der Waals surface area contributed by atoms with Crippen LogP contribution in [0.1, 0.15) is 64.7 Å². The van der Waals surface area contributed by atoms with E-state index < -0.39 is 40.2 Å². The maximum absolute atomic E-state index is 14.2. The number of carbonyl (C=O) groups is 2. The van der Waals surface area contributed by atoms with Gasteiger partial charge in [0.15, 0.2) is 0 Å². The summed E-state index contributed by atoms with van der Waals surface area (Å²) in [5, 5.41) is 5.88. The number of nitrogens with one attached hydrogen (secondary N) is 2. The van der Waals surface area contributed by atoms with E-state index in [0.29, 0.717) is 34.6 Å². The highest BCUT2D eigenvalue weighted by molar-refractivity contribution is 7.87. The van der Waals surface area contributed by atoms with Gasteiger partial charge < -0.3 is 4.90 Å². The van der Waals surface area contributed by atoms with E-state index in [1.165, 1.54) is 0 Å². The van der Waals surface area contributed by atoms with Crippen molar-refractivity contribution >= 4 is 33.6 Å². The van der Waals surface area contributed by atoms with Crippen molar-refractivity contribution in [1.29, 1.82) is 0 Å². The molecular formula is C29H31ClN4O5S. The topological polar surface area (TPSA) is 131 Å². The first-order valence-electron chi connectivity index (χ1n) is 13.2. The van der Waals surface area contributed by atoms with E-state index >= 15 is 0 Å². The van der Waals surface area contributed by atoms with Crippen molar-refractivity contribution in [2.75, 3.05) is 0 Å². The number of carbonyl (C=O) groups excluding carboxylic acids is 2. The molecule has 1 unspecified atom stereocenters. The molecule has 0 aromatic heterocycles. The van der Waals surface area contributed by atoms with E-state index in [4.69, 9.17) is 21.6 Å². The first kappa shape index (κ1) is 28.3. The van der Waals surface area contributed by atoms with Crippen molar-refractivity contribution in [2.45, 2.75) is 56.3 Å². The van der Waals surface area contributed by atoms with Crippen molar-refractivity contribution in [1.82, 2.24) is 15.1 Å². The van der Waals surface area contributed by atoms with Crippen LogP contribution in [-0.2, 0) is 26.4 Å². The van der Waals surface area contributed by atoms with Gasteiger partial charge in [0.25, 0.3) is 22.0 Å². The van der Waals surface area contributed by atoms with Crippen molar-refractivity contribution in [3.63, 3.8) is 0 Å². The van der Waals surface area contributed by atoms with Gasteiger partial charge in [-0.15, -0.1) is 0 Å². The number of nitrogens with two attached hydrogens (primary N) is 1. The fourth-order valence-electron chi connectivity index (χ4n) is 5.83. The lowest BCUT2D eigenvalue weighted by Gasteiger charge is -2.49. The van der Waals surface area contributed by atoms with Crippen LogP contribution in [0.15, 0.2) is 78.9 Å². The maximum Gasteiger partial charge on any atom is 0.274 e. The van der Waals surface area contributed by atoms with Gasteiger partial charge in [-0.25, -0.2) is 10.6 Å². The van der Waals surface area contributed by atoms with Crippen LogP contribution >= 0.6 is 11.6 Å². The zero-order valence-corrected chi connectivity index (χ0v) is 23.3. The number of hydrogen-bond donors (Lipinski definition) is 3. The minimum Gasteiger partial charge on any atom is -0.326 e. The van der Waals surface area contributed by atoms with Gasteiger partial charge in [-0.1, -0.05) is 85.1 Å². The molecular weight excluding hydrogens is 552 g/mol. The summed E-state index contributed by atoms with van der Waals surface area (Å²) in [6.45, 7) is 0.165. The second-order valence-corrected chi connectivity index (χ2v) is 11.9. The van der Waals surface area contributed by atoms with Crippen molar-refractivity contribution < 1.29 is 22.8 Å². The third-order valence-electron chi connectivity index (χ3n) is 7.53. The third-order valence-corrected chi connectivity index (χ3v) is 8.41. The van der Waals surface area contributed by atoms with Crippen molar-refractivity contribution in [3.8, 4) is 0 Å². The summed E-state index contributed by atoms with van der Waals surface area (Å²) in [5.41, 5.74) is 5.13. The highest BCUT2D eigenvalue weighted by atomic mass is 35.5. The molecule has 0 saturated heterocycles. The lowest BCUT2D eigenvalue weighted by molar-refractivity contribution is -0.138. The minimum atomic E-state index is -4.03. The summed E-state index contributed by atoms with van der Waals surface area (Å²) in [5.74, 6) is -1.55. The molecule has 3 aromatic rings. The van der Waals surface area contributed by atoms with E-state index in [-0.39, 0.29) is 12.5 Å². The van der Waals surface area contributed by atoms with Crippen LogP contribution in [0.25, 0.3) is 0 Å². The Bertz CT molecular complexity index is 1470. The molecule has 1 aliphatic carbocycles. The molecule has 1 heterocycles. The highest BCUT2D eigenvalue weighted by Crippen LogP contribution is 2.46. The van der Waals surface area contributed by atoms with E-state index in [0.717, 1.165) is 18.4 Å². The Morgan fingerprint density at radius 3 is 2.38 bits per heavy atom. The quantitative estimate of drug-likeness (QED) is 0.346. The molecule has 1 aliphatic heterocycles. The third kappa shape index (κ3) is 6.21. The predicted octanol–water partition coefficient (Wildman–Crippen LogP) is 3.97. The first-order chi connectivity index (χ1) is 19.2. The Hall–Kier alpha value is -3.28. The number of halogens is 1. The SMILES string of the molecule is NS(=O)(=O)N[C@H]1CCCCC1N1C(=O)c2ccccc2[C@@H](C(=O)NOCc2ccccc2)[C@@H]1c1ccc(Cl)cc1. The van der Waals surface area contributed by atoms with Crippen LogP contribution in [0.4, 0.5) is 0 Å². The molecule has 5 rings (SSSR count). The molecule has 40 heavy (non-hydrogen) atoms. The Morgan fingerprint density at radius 1 is 0.975 bits per heavy atom. The van der Waals surface area contributed by atoms with Gasteiger partial charge in [0, 0.05) is 22.7 Å². The van der Waals surface area contributed by atoms with E-state index in [1.807, 2.05) is 30.3 Å². The molecule has 1 saturated carbocycles. The molecule has 1 fully saturated rings. The number of benzene rings is 3. The number of fused-ring (bicyclic) bond motifs is 1. The highest BCUT2D eigenvalue weighted by Gasteiger charge is 2.49. The summed E-state index contributed by atoms with van der Waals surface area (Å²) < 4.78 is 26.7. The van der Waals surface area contributed by atoms with Crippen molar-refractivity contribution in [3.05, 3.63) is 106 Å². The molecule has 4 N–H and O–H groups in total. The summed E-state index contributed by atoms with van der Waals surface area (Å²) >= 11 is 6.20. The van der Waals surface area contributed by atoms with Crippen LogP contribution in [-0.4, -0.2) is 37.2 Å². The number of amides is 2. The Morgan fingerprint density at radius 2 is 1.65 bits per heavy atom. The number of nitrogens with zero attached hydrogens (tertiary/aromatic N) is 1. The molecule has 0 bridgehead atoms. The van der Waals surface area contributed by atoms with E-state index in [1.54, 1.807) is 53.4 Å². The van der Waals surface area contributed by atoms with Gasteiger partial charge in [-0.3, -0.25) is 14.4 Å². The number of hydrogen-bond acceptors (Lipinski definition) is 5. The van der Waals surface area contributed by atoms with Gasteiger partial charge in [-0.05, 0) is 47.7 Å². The van der Waals surface area contributed by atoms with Crippen LogP contribution in [0.2, 0.25) is 5.02 Å². The number of hydroxylamine groups is 1. The molecule has 9 nitrogen and oxygen atoms in total. The molecule has 2 amide bonds. The zero-order chi connectivity index (χ0) is 28.3. The van der Waals surface area contributed by atoms with E-state index in [2.05, 4.69) is 10.2 Å². The van der Waals surface area contributed by atoms with Gasteiger partial charge in [0.05, 0.1) is 18.6 Å². The summed E-state index contributed by atoms with van der Waals surface area (Å²) in [6.07, 6.45) is 2.63. The molecule has 11 heteroatoms. The second kappa shape index (κ2) is 12.1. The Kier molecular flexibility index (Phi) is 8.53. The molecule has 3 aromatic carbocycles. The van der Waals surface area contributed by atoms with Gasteiger partial charge >= 0.3 is 0 Å². The van der Waals surface area contributed by atoms with Crippen LogP contribution in [0.5, 0.6) is 0 Å². The summed E-state index contributed by atoms with van der Waals surface area (Å²) in [4.78, 5) is 35.4. The standard InChI is InChI=1S/C29H31ClN4O5S/c30-21-16-14-20(15-17-21)27-26(28(35)32-39-18-19-8-2-1-3-9-19)22-10-4-5-11-23(22)29(36)34(27)25-13-7-6-12-24(25)33-40(31,37)38/h1-5,8-11,14-17,24-27,33H,6-7,12-13,18H2,(H,32,35)(H2,31,37,38)/t24-,25?,26+,27-/m0/s1. The maximum atomic E-state index is 14.2. The predicted molar refractivity (Wildman–Crippen MR) is 151 cm³/mol. The minimum absolute atomic E-state index is 0.165. The first-order valence-corrected chi connectivity index (χ1v) is 15.1. The van der Waals surface area contributed by atoms with Gasteiger partial charge in [0.1, 0.15) is 0 Å². The average molecular weight is 583 g/mol. The monoisotopic (exact) mass is 582 g/mol. The fourth-order valence-corrected chi connectivity index (χ4v) is 6.66. The van der Waals surface area contributed by atoms with Crippen LogP contribution in [0.3, 0.4) is 0 Å². The molecule has 4 atom stereocenters. The average Bonchev–Trinajstić information content (AvgIpc) is 2.94. The molecule has 0 spiro atoms. The molecule has 0 radical (unpaired) electrons. The second-order valence-electron chi connectivity index (χ2n) is 10.1. The smallest absolute Gasteiger partial charge is 0.274 e. The lowest BCUT2D eigenvalue weighted by Crippen LogP contribution is -2.59. The van der Waals surface area contributed by atoms with Crippen LogP contribution < -0.4 is 15.3 Å². The Labute approximate surface area is 238 Å². The van der Waals surface area contributed by atoms with Gasteiger partial charge in [0.2, 0.25) is 0 Å². The summed E-state index contributed by atoms with van der Waals surface area (Å²) in [7, 11) is -4.03. The Balaban J connectivity index is 1.57. The zero-order valence-electron chi connectivity index (χ0n) is 21.7. The lowest BCUT2D eigenvalue weighted by atomic mass is 9.76. The fraction of sp³-hybridized carbons (Fsp3) is 0.310. The summed E-state index contributed by atoms with van der Waals surface area (Å²) in [6, 6.07) is 21.5. The van der Waals surface area contributed by atoms with E-state index in [9.17, 15) is 18.0 Å². The normalized spacial score (nSPS) is 22.9. The van der Waals surface area contributed by atoms with Crippen LogP contribution in [0, 0.1) is 0 Å². The van der Waals surface area contributed by atoms with Gasteiger partial charge in [-0.2, -0.15) is 13.1 Å². The van der Waals surface area contributed by atoms with Crippen molar-refractivity contribution in [2.24, 2.45) is 5.14 Å². The molecule has 2 aliphatic rings.